The predicted molar refractivity (Wildman–Crippen MR) is 140 cm³/mol. The number of ether oxygens (including phenoxy) is 1. The van der Waals surface area contributed by atoms with Crippen molar-refractivity contribution in [3.8, 4) is 5.75 Å². The molecule has 3 atom stereocenters. The molecule has 1 fully saturated rings. The molecule has 2 aliphatic heterocycles. The number of halogens is 5. The Labute approximate surface area is 229 Å². The van der Waals surface area contributed by atoms with Crippen LogP contribution in [0.25, 0.3) is 0 Å². The van der Waals surface area contributed by atoms with Gasteiger partial charge >= 0.3 is 6.18 Å². The third kappa shape index (κ3) is 10.2. The number of hydrogen-bond donors (Lipinski definition) is 2. The fourth-order valence-electron chi connectivity index (χ4n) is 4.71. The van der Waals surface area contributed by atoms with Crippen molar-refractivity contribution in [2.75, 3.05) is 25.2 Å². The molecule has 39 heavy (non-hydrogen) atoms. The van der Waals surface area contributed by atoms with Crippen molar-refractivity contribution in [2.24, 2.45) is 11.0 Å². The average molecular weight is 579 g/mol. The lowest BCUT2D eigenvalue weighted by Crippen LogP contribution is -2.57. The first-order chi connectivity index (χ1) is 18.3. The molecule has 0 radical (unpaired) electrons. The molecular weight excluding hydrogens is 543 g/mol. The topological polar surface area (TPSA) is 83.0 Å². The van der Waals surface area contributed by atoms with Crippen molar-refractivity contribution in [2.45, 2.75) is 76.2 Å². The van der Waals surface area contributed by atoms with Gasteiger partial charge in [0, 0.05) is 31.8 Å². The quantitative estimate of drug-likeness (QED) is 0.246. The van der Waals surface area contributed by atoms with Gasteiger partial charge in [-0.1, -0.05) is 12.1 Å². The number of carbonyl (C=O) groups excluding carboxylic acids is 2. The van der Waals surface area contributed by atoms with Gasteiger partial charge in [-0.2, -0.15) is 30.0 Å². The maximum Gasteiger partial charge on any atom is 0.389 e. The van der Waals surface area contributed by atoms with Crippen LogP contribution < -0.4 is 15.4 Å². The lowest BCUT2D eigenvalue weighted by molar-refractivity contribution is -0.137. The van der Waals surface area contributed by atoms with Crippen LogP contribution in [0.3, 0.4) is 0 Å². The molecule has 0 saturated carbocycles. The lowest BCUT2D eigenvalue weighted by Gasteiger charge is -2.32. The molecule has 2 aliphatic rings. The van der Waals surface area contributed by atoms with Crippen LogP contribution in [-0.2, 0) is 16.0 Å². The molecular formula is C26H35F5N4O3S. The van der Waals surface area contributed by atoms with Crippen LogP contribution in [0.4, 0.5) is 22.0 Å². The number of fused-ring (bicyclic) bond motifs is 1. The van der Waals surface area contributed by atoms with E-state index in [4.69, 9.17) is 4.74 Å². The third-order valence-corrected chi connectivity index (χ3v) is 7.03. The minimum Gasteiger partial charge on any atom is -0.494 e. The van der Waals surface area contributed by atoms with Gasteiger partial charge in [0.15, 0.2) is 0 Å². The highest BCUT2D eigenvalue weighted by molar-refractivity contribution is 7.99. The van der Waals surface area contributed by atoms with Crippen LogP contribution in [0.15, 0.2) is 29.4 Å². The number of nitrogens with zero attached hydrogens (tertiary/aromatic N) is 2. The second kappa shape index (κ2) is 13.7. The Hall–Kier alpha value is -2.57. The number of thioether (sulfide) groups is 1. The largest absolute Gasteiger partial charge is 0.494 e. The van der Waals surface area contributed by atoms with Gasteiger partial charge in [-0.15, -0.1) is 0 Å². The van der Waals surface area contributed by atoms with E-state index in [9.17, 15) is 31.5 Å². The summed E-state index contributed by atoms with van der Waals surface area (Å²) in [6, 6.07) is 7.09. The first-order valence-electron chi connectivity index (χ1n) is 12.9. The Morgan fingerprint density at radius 2 is 2.00 bits per heavy atom. The SMILES string of the molecule is CSCC(=O)NC1C2C(=O)N[C@@H](CCc3cccc(OCCCC(C)(F)F)c3)CC2=NN1CCCC(F)(F)F. The van der Waals surface area contributed by atoms with E-state index in [2.05, 4.69) is 15.7 Å². The zero-order valence-electron chi connectivity index (χ0n) is 22.0. The lowest BCUT2D eigenvalue weighted by atomic mass is 9.87. The van der Waals surface area contributed by atoms with E-state index in [0.29, 0.717) is 30.7 Å². The van der Waals surface area contributed by atoms with Crippen molar-refractivity contribution < 1.29 is 36.3 Å². The highest BCUT2D eigenvalue weighted by atomic mass is 32.2. The van der Waals surface area contributed by atoms with Crippen molar-refractivity contribution in [1.29, 1.82) is 0 Å². The second-order valence-electron chi connectivity index (χ2n) is 10.0. The molecule has 2 amide bonds. The highest BCUT2D eigenvalue weighted by Crippen LogP contribution is 2.30. The van der Waals surface area contributed by atoms with Gasteiger partial charge in [0.2, 0.25) is 17.7 Å². The smallest absolute Gasteiger partial charge is 0.389 e. The Kier molecular flexibility index (Phi) is 10.9. The first kappa shape index (κ1) is 31.0. The molecule has 7 nitrogen and oxygen atoms in total. The summed E-state index contributed by atoms with van der Waals surface area (Å²) < 4.78 is 69.6. The van der Waals surface area contributed by atoms with Crippen LogP contribution in [0.1, 0.15) is 51.0 Å². The summed E-state index contributed by atoms with van der Waals surface area (Å²) in [6.07, 6.45) is -2.96. The van der Waals surface area contributed by atoms with E-state index in [0.717, 1.165) is 12.5 Å². The Balaban J connectivity index is 1.58. The molecule has 2 N–H and O–H groups in total. The Morgan fingerprint density at radius 1 is 1.23 bits per heavy atom. The minimum absolute atomic E-state index is 0.0373. The number of piperidine rings is 1. The number of hydrogen-bond acceptors (Lipinski definition) is 6. The van der Waals surface area contributed by atoms with Gasteiger partial charge in [-0.25, -0.2) is 8.78 Å². The Morgan fingerprint density at radius 3 is 2.69 bits per heavy atom. The molecule has 0 aliphatic carbocycles. The number of aryl methyl sites for hydroxylation is 1. The van der Waals surface area contributed by atoms with Gasteiger partial charge in [0.25, 0.3) is 0 Å². The van der Waals surface area contributed by atoms with Gasteiger partial charge < -0.3 is 15.4 Å². The number of nitrogens with one attached hydrogen (secondary N) is 2. The maximum absolute atomic E-state index is 13.1. The molecule has 218 valence electrons. The number of carbonyl (C=O) groups is 2. The molecule has 3 rings (SSSR count). The normalized spacial score (nSPS) is 21.3. The fraction of sp³-hybridized carbons (Fsp3) is 0.654. The summed E-state index contributed by atoms with van der Waals surface area (Å²) in [7, 11) is 0. The van der Waals surface area contributed by atoms with Crippen LogP contribution in [-0.4, -0.2) is 72.0 Å². The molecule has 2 unspecified atom stereocenters. The molecule has 0 spiro atoms. The number of amides is 2. The zero-order valence-corrected chi connectivity index (χ0v) is 22.8. The second-order valence-corrected chi connectivity index (χ2v) is 10.9. The van der Waals surface area contributed by atoms with E-state index in [1.54, 1.807) is 12.3 Å². The molecule has 2 heterocycles. The molecule has 0 bridgehead atoms. The summed E-state index contributed by atoms with van der Waals surface area (Å²) >= 11 is 1.30. The number of rotatable bonds is 14. The zero-order chi connectivity index (χ0) is 28.6. The van der Waals surface area contributed by atoms with Crippen LogP contribution in [0.2, 0.25) is 0 Å². The summed E-state index contributed by atoms with van der Waals surface area (Å²) in [6.45, 7) is 1.02. The number of benzene rings is 1. The molecule has 1 aromatic carbocycles. The summed E-state index contributed by atoms with van der Waals surface area (Å²) in [5.41, 5.74) is 1.50. The number of hydrazone groups is 1. The molecule has 1 aromatic rings. The van der Waals surface area contributed by atoms with Gasteiger partial charge in [0.05, 0.1) is 18.1 Å². The highest BCUT2D eigenvalue weighted by Gasteiger charge is 2.46. The standard InChI is InChI=1S/C26H35F5N4O3S/c1-25(27,28)10-5-13-38-19-7-3-6-17(14-19)8-9-18-15-20-22(24(37)32-18)23(33-21(36)16-39-2)35(34-20)12-4-11-26(29,30)31/h3,6-7,14,18,22-23H,4-5,8-13,15-16H2,1-2H3,(H,32,37)(H,33,36)/t18-,22?,23?/m0/s1. The monoisotopic (exact) mass is 578 g/mol. The summed E-state index contributed by atoms with van der Waals surface area (Å²) in [5, 5.41) is 11.6. The summed E-state index contributed by atoms with van der Waals surface area (Å²) in [4.78, 5) is 25.3. The van der Waals surface area contributed by atoms with Crippen LogP contribution in [0, 0.1) is 5.92 Å². The molecule has 0 aromatic heterocycles. The minimum atomic E-state index is -4.30. The van der Waals surface area contributed by atoms with Crippen molar-refractivity contribution in [3.63, 3.8) is 0 Å². The van der Waals surface area contributed by atoms with Crippen LogP contribution in [0.5, 0.6) is 5.75 Å². The van der Waals surface area contributed by atoms with E-state index >= 15 is 0 Å². The van der Waals surface area contributed by atoms with E-state index in [1.165, 1.54) is 16.8 Å². The first-order valence-corrected chi connectivity index (χ1v) is 14.3. The third-order valence-electron chi connectivity index (χ3n) is 6.48. The van der Waals surface area contributed by atoms with Crippen molar-refractivity contribution in [1.82, 2.24) is 15.6 Å². The van der Waals surface area contributed by atoms with E-state index in [1.807, 2.05) is 18.2 Å². The van der Waals surface area contributed by atoms with Gasteiger partial charge in [-0.3, -0.25) is 14.6 Å². The van der Waals surface area contributed by atoms with Crippen molar-refractivity contribution >= 4 is 29.3 Å². The summed E-state index contributed by atoms with van der Waals surface area (Å²) in [5.74, 6) is -3.37. The van der Waals surface area contributed by atoms with Crippen molar-refractivity contribution in [3.05, 3.63) is 29.8 Å². The fourth-order valence-corrected chi connectivity index (χ4v) is 5.05. The number of alkyl halides is 5. The predicted octanol–water partition coefficient (Wildman–Crippen LogP) is 4.76. The Bertz CT molecular complexity index is 1020. The average Bonchev–Trinajstić information content (AvgIpc) is 3.17. The van der Waals surface area contributed by atoms with Gasteiger partial charge in [-0.05, 0) is 56.6 Å². The maximum atomic E-state index is 13.1. The molecule has 1 saturated heterocycles. The van der Waals surface area contributed by atoms with Gasteiger partial charge in [0.1, 0.15) is 17.8 Å². The molecule has 13 heteroatoms. The van der Waals surface area contributed by atoms with Crippen LogP contribution >= 0.6 is 11.8 Å². The van der Waals surface area contributed by atoms with E-state index in [-0.39, 0.29) is 56.0 Å². The van der Waals surface area contributed by atoms with E-state index < -0.39 is 30.6 Å².